The highest BCUT2D eigenvalue weighted by Crippen LogP contribution is 2.18. The zero-order valence-electron chi connectivity index (χ0n) is 12.0. The smallest absolute Gasteiger partial charge is 0.239 e. The van der Waals surface area contributed by atoms with Crippen molar-refractivity contribution in [2.75, 3.05) is 13.1 Å². The molecule has 6 heteroatoms. The number of hydrogen-bond donors (Lipinski definition) is 4. The van der Waals surface area contributed by atoms with E-state index >= 15 is 0 Å². The number of carbonyl (C=O) groups is 2. The number of fused-ring (bicyclic) bond motifs is 1. The summed E-state index contributed by atoms with van der Waals surface area (Å²) in [5.41, 5.74) is 7.91. The highest BCUT2D eigenvalue weighted by Gasteiger charge is 2.16. The Balaban J connectivity index is 1.93. The van der Waals surface area contributed by atoms with E-state index in [0.29, 0.717) is 13.0 Å². The number of likely N-dealkylation sites (N-methyl/N-ethyl adjacent to an activating group) is 1. The molecule has 0 saturated carbocycles. The number of benzene rings is 1. The fraction of sp³-hybridized carbons (Fsp3) is 0.333. The summed E-state index contributed by atoms with van der Waals surface area (Å²) in [5, 5.41) is 6.21. The minimum absolute atomic E-state index is 0.0474. The van der Waals surface area contributed by atoms with Crippen LogP contribution in [0.1, 0.15) is 12.5 Å². The molecule has 0 fully saturated rings. The highest BCUT2D eigenvalue weighted by atomic mass is 16.2. The van der Waals surface area contributed by atoms with Crippen LogP contribution in [0.4, 0.5) is 0 Å². The number of aromatic nitrogens is 1. The maximum Gasteiger partial charge on any atom is 0.239 e. The van der Waals surface area contributed by atoms with Crippen LogP contribution >= 0.6 is 0 Å². The van der Waals surface area contributed by atoms with Crippen molar-refractivity contribution >= 4 is 22.7 Å². The van der Waals surface area contributed by atoms with Crippen LogP contribution in [0, 0.1) is 0 Å². The lowest BCUT2D eigenvalue weighted by Gasteiger charge is -2.11. The van der Waals surface area contributed by atoms with Gasteiger partial charge in [0.2, 0.25) is 11.8 Å². The number of H-pyrrole nitrogens is 1. The summed E-state index contributed by atoms with van der Waals surface area (Å²) in [7, 11) is 0. The number of nitrogens with one attached hydrogen (secondary N) is 3. The number of rotatable bonds is 6. The second-order valence-electron chi connectivity index (χ2n) is 4.84. The van der Waals surface area contributed by atoms with Crippen LogP contribution in [0.3, 0.4) is 0 Å². The monoisotopic (exact) mass is 288 g/mol. The van der Waals surface area contributed by atoms with E-state index in [9.17, 15) is 9.59 Å². The van der Waals surface area contributed by atoms with Crippen molar-refractivity contribution in [1.29, 1.82) is 0 Å². The number of aromatic amines is 1. The van der Waals surface area contributed by atoms with Crippen LogP contribution in [0.2, 0.25) is 0 Å². The topological polar surface area (TPSA) is 100 Å². The average molecular weight is 288 g/mol. The number of para-hydroxylation sites is 1. The van der Waals surface area contributed by atoms with E-state index < -0.39 is 6.04 Å². The summed E-state index contributed by atoms with van der Waals surface area (Å²) >= 11 is 0. The van der Waals surface area contributed by atoms with E-state index in [2.05, 4.69) is 15.6 Å². The number of nitrogens with two attached hydrogens (primary N) is 1. The van der Waals surface area contributed by atoms with Crippen molar-refractivity contribution in [3.63, 3.8) is 0 Å². The van der Waals surface area contributed by atoms with Gasteiger partial charge in [-0.3, -0.25) is 9.59 Å². The van der Waals surface area contributed by atoms with E-state index in [1.165, 1.54) is 0 Å². The molecule has 0 saturated heterocycles. The van der Waals surface area contributed by atoms with Gasteiger partial charge >= 0.3 is 0 Å². The lowest BCUT2D eigenvalue weighted by atomic mass is 10.1. The third kappa shape index (κ3) is 3.82. The van der Waals surface area contributed by atoms with E-state index in [4.69, 9.17) is 5.73 Å². The van der Waals surface area contributed by atoms with Gasteiger partial charge in [-0.2, -0.15) is 0 Å². The fourth-order valence-electron chi connectivity index (χ4n) is 2.19. The Bertz CT molecular complexity index is 635. The van der Waals surface area contributed by atoms with Crippen LogP contribution in [0.5, 0.6) is 0 Å². The van der Waals surface area contributed by atoms with Crippen molar-refractivity contribution in [1.82, 2.24) is 15.6 Å². The fourth-order valence-corrected chi connectivity index (χ4v) is 2.19. The van der Waals surface area contributed by atoms with E-state index in [1.807, 2.05) is 37.4 Å². The van der Waals surface area contributed by atoms with E-state index in [-0.39, 0.29) is 18.4 Å². The van der Waals surface area contributed by atoms with Crippen LogP contribution in [-0.2, 0) is 16.0 Å². The highest BCUT2D eigenvalue weighted by molar-refractivity contribution is 5.88. The standard InChI is InChI=1S/C15H20N4O2/c1-2-17-14(20)9-19-15(21)12(16)7-10-8-18-13-6-4-3-5-11(10)13/h3-6,8,12,18H,2,7,9,16H2,1H3,(H,17,20)(H,19,21)/t12-/m1/s1. The summed E-state index contributed by atoms with van der Waals surface area (Å²) in [6.07, 6.45) is 2.28. The molecular formula is C15H20N4O2. The molecule has 112 valence electrons. The van der Waals surface area contributed by atoms with Crippen LogP contribution < -0.4 is 16.4 Å². The molecule has 5 N–H and O–H groups in total. The van der Waals surface area contributed by atoms with Gasteiger partial charge in [0.05, 0.1) is 12.6 Å². The number of hydrogen-bond acceptors (Lipinski definition) is 3. The molecule has 1 aromatic carbocycles. The van der Waals surface area contributed by atoms with Gasteiger partial charge in [0.25, 0.3) is 0 Å². The SMILES string of the molecule is CCNC(=O)CNC(=O)[C@H](N)Cc1c[nH]c2ccccc12. The lowest BCUT2D eigenvalue weighted by Crippen LogP contribution is -2.45. The van der Waals surface area contributed by atoms with Crippen LogP contribution in [0.25, 0.3) is 10.9 Å². The molecule has 6 nitrogen and oxygen atoms in total. The van der Waals surface area contributed by atoms with Gasteiger partial charge in [0.1, 0.15) is 0 Å². The van der Waals surface area contributed by atoms with Gasteiger partial charge in [-0.25, -0.2) is 0 Å². The van der Waals surface area contributed by atoms with Crippen LogP contribution in [-0.4, -0.2) is 35.9 Å². The molecule has 21 heavy (non-hydrogen) atoms. The van der Waals surface area contributed by atoms with Gasteiger partial charge in [0.15, 0.2) is 0 Å². The Morgan fingerprint density at radius 1 is 1.29 bits per heavy atom. The zero-order valence-corrected chi connectivity index (χ0v) is 12.0. The second-order valence-corrected chi connectivity index (χ2v) is 4.84. The minimum atomic E-state index is -0.682. The normalized spacial score (nSPS) is 12.1. The second kappa shape index (κ2) is 6.90. The molecule has 1 heterocycles. The van der Waals surface area contributed by atoms with Crippen molar-refractivity contribution in [2.45, 2.75) is 19.4 Å². The van der Waals surface area contributed by atoms with Crippen molar-refractivity contribution in [2.24, 2.45) is 5.73 Å². The van der Waals surface area contributed by atoms with Crippen LogP contribution in [0.15, 0.2) is 30.5 Å². The Hall–Kier alpha value is -2.34. The first-order chi connectivity index (χ1) is 10.1. The quantitative estimate of drug-likeness (QED) is 0.614. The van der Waals surface area contributed by atoms with Gasteiger partial charge in [-0.1, -0.05) is 18.2 Å². The molecule has 2 aromatic rings. The summed E-state index contributed by atoms with van der Waals surface area (Å²) in [5.74, 6) is -0.545. The van der Waals surface area contributed by atoms with Gasteiger partial charge in [0, 0.05) is 23.6 Å². The molecule has 0 aliphatic rings. The Morgan fingerprint density at radius 3 is 2.81 bits per heavy atom. The minimum Gasteiger partial charge on any atom is -0.361 e. The maximum absolute atomic E-state index is 11.9. The largest absolute Gasteiger partial charge is 0.361 e. The molecule has 0 aliphatic heterocycles. The Labute approximate surface area is 123 Å². The molecule has 2 rings (SSSR count). The molecule has 0 radical (unpaired) electrons. The molecule has 2 amide bonds. The van der Waals surface area contributed by atoms with Gasteiger partial charge in [-0.05, 0) is 25.0 Å². The first kappa shape index (κ1) is 15.1. The molecule has 0 spiro atoms. The average Bonchev–Trinajstić information content (AvgIpc) is 2.88. The summed E-state index contributed by atoms with van der Waals surface area (Å²) in [6, 6.07) is 7.17. The summed E-state index contributed by atoms with van der Waals surface area (Å²) < 4.78 is 0. The molecule has 1 aromatic heterocycles. The summed E-state index contributed by atoms with van der Waals surface area (Å²) in [4.78, 5) is 26.3. The summed E-state index contributed by atoms with van der Waals surface area (Å²) in [6.45, 7) is 2.31. The third-order valence-electron chi connectivity index (χ3n) is 3.25. The molecular weight excluding hydrogens is 268 g/mol. The van der Waals surface area contributed by atoms with Crippen molar-refractivity contribution in [3.05, 3.63) is 36.0 Å². The molecule has 0 aliphatic carbocycles. The Kier molecular flexibility index (Phi) is 4.94. The third-order valence-corrected chi connectivity index (χ3v) is 3.25. The van der Waals surface area contributed by atoms with Crippen molar-refractivity contribution in [3.8, 4) is 0 Å². The van der Waals surface area contributed by atoms with E-state index in [1.54, 1.807) is 0 Å². The van der Waals surface area contributed by atoms with Crippen molar-refractivity contribution < 1.29 is 9.59 Å². The first-order valence-electron chi connectivity index (χ1n) is 6.96. The predicted molar refractivity (Wildman–Crippen MR) is 81.7 cm³/mol. The Morgan fingerprint density at radius 2 is 2.05 bits per heavy atom. The maximum atomic E-state index is 11.9. The number of amides is 2. The van der Waals surface area contributed by atoms with Gasteiger partial charge in [-0.15, -0.1) is 0 Å². The molecule has 0 bridgehead atoms. The number of carbonyl (C=O) groups excluding carboxylic acids is 2. The lowest BCUT2D eigenvalue weighted by molar-refractivity contribution is -0.126. The first-order valence-corrected chi connectivity index (χ1v) is 6.96. The van der Waals surface area contributed by atoms with E-state index in [0.717, 1.165) is 16.5 Å². The zero-order chi connectivity index (χ0) is 15.2. The molecule has 1 atom stereocenters. The molecule has 0 unspecified atom stereocenters. The predicted octanol–water partition coefficient (Wildman–Crippen LogP) is 0.290. The van der Waals surface area contributed by atoms with Gasteiger partial charge < -0.3 is 21.4 Å².